The van der Waals surface area contributed by atoms with E-state index in [2.05, 4.69) is 5.32 Å². The van der Waals surface area contributed by atoms with Gasteiger partial charge in [0.2, 0.25) is 0 Å². The largest absolute Gasteiger partial charge is 0.445 e. The van der Waals surface area contributed by atoms with E-state index in [1.54, 1.807) is 19.9 Å². The number of hydrogen-bond donors (Lipinski definition) is 1. The Kier molecular flexibility index (Phi) is 7.31. The summed E-state index contributed by atoms with van der Waals surface area (Å²) in [6.07, 6.45) is -0.141. The highest BCUT2D eigenvalue weighted by Gasteiger charge is 2.14. The Labute approximate surface area is 183 Å². The highest BCUT2D eigenvalue weighted by Crippen LogP contribution is 2.32. The first-order chi connectivity index (χ1) is 14.8. The van der Waals surface area contributed by atoms with E-state index in [0.29, 0.717) is 23.0 Å². The summed E-state index contributed by atoms with van der Waals surface area (Å²) in [7, 11) is 0. The van der Waals surface area contributed by atoms with Crippen LogP contribution in [0.15, 0.2) is 51.7 Å². The van der Waals surface area contributed by atoms with Crippen LogP contribution in [0.25, 0.3) is 11.0 Å². The van der Waals surface area contributed by atoms with Crippen molar-refractivity contribution in [2.24, 2.45) is 0 Å². The van der Waals surface area contributed by atoms with Gasteiger partial charge >= 0.3 is 17.7 Å². The number of nitrogens with one attached hydrogen (secondary N) is 1. The third kappa shape index (κ3) is 5.86. The molecule has 1 heterocycles. The van der Waals surface area contributed by atoms with Gasteiger partial charge in [-0.3, -0.25) is 4.79 Å². The quantitative estimate of drug-likeness (QED) is 0.246. The maximum atomic E-state index is 12.1. The van der Waals surface area contributed by atoms with Crippen LogP contribution in [-0.2, 0) is 16.1 Å². The van der Waals surface area contributed by atoms with Gasteiger partial charge in [0.25, 0.3) is 0 Å². The number of hydrogen-bond acceptors (Lipinski definition) is 6. The zero-order valence-electron chi connectivity index (χ0n) is 17.2. The van der Waals surface area contributed by atoms with Gasteiger partial charge in [0, 0.05) is 30.0 Å². The molecule has 1 N–H and O–H groups in total. The lowest BCUT2D eigenvalue weighted by atomic mass is 10.1. The Bertz CT molecular complexity index is 1160. The molecule has 0 radical (unpaired) electrons. The summed E-state index contributed by atoms with van der Waals surface area (Å²) in [4.78, 5) is 35.7. The molecule has 2 aromatic carbocycles. The summed E-state index contributed by atoms with van der Waals surface area (Å²) in [6, 6.07) is 12.4. The summed E-state index contributed by atoms with van der Waals surface area (Å²) >= 11 is 6.23. The molecule has 0 fully saturated rings. The molecule has 7 nitrogen and oxygen atoms in total. The van der Waals surface area contributed by atoms with Crippen LogP contribution < -0.4 is 15.7 Å². The fourth-order valence-electron chi connectivity index (χ4n) is 2.89. The van der Waals surface area contributed by atoms with Gasteiger partial charge in [-0.15, -0.1) is 0 Å². The lowest BCUT2D eigenvalue weighted by Gasteiger charge is -2.10. The number of alkyl carbamates (subject to hydrolysis) is 1. The van der Waals surface area contributed by atoms with E-state index in [1.807, 2.05) is 30.3 Å². The highest BCUT2D eigenvalue weighted by atomic mass is 35.5. The van der Waals surface area contributed by atoms with Gasteiger partial charge in [-0.25, -0.2) is 9.59 Å². The van der Waals surface area contributed by atoms with Gasteiger partial charge < -0.3 is 19.2 Å². The van der Waals surface area contributed by atoms with Crippen molar-refractivity contribution >= 4 is 34.6 Å². The number of carbonyl (C=O) groups excluding carboxylic acids is 2. The first kappa shape index (κ1) is 22.4. The number of fused-ring (bicyclic) bond motifs is 1. The average molecular weight is 444 g/mol. The van der Waals surface area contributed by atoms with Crippen molar-refractivity contribution in [3.05, 3.63) is 74.6 Å². The Hall–Kier alpha value is -3.32. The molecule has 0 atom stereocenters. The van der Waals surface area contributed by atoms with Crippen molar-refractivity contribution in [2.45, 2.75) is 33.3 Å². The average Bonchev–Trinajstić information content (AvgIpc) is 2.76. The van der Waals surface area contributed by atoms with Crippen LogP contribution in [0, 0.1) is 13.8 Å². The number of halogens is 1. The zero-order valence-corrected chi connectivity index (χ0v) is 18.0. The highest BCUT2D eigenvalue weighted by molar-refractivity contribution is 6.33. The van der Waals surface area contributed by atoms with Crippen LogP contribution in [0.3, 0.4) is 0 Å². The number of benzene rings is 2. The Morgan fingerprint density at radius 2 is 1.84 bits per heavy atom. The van der Waals surface area contributed by atoms with Gasteiger partial charge in [-0.1, -0.05) is 41.9 Å². The van der Waals surface area contributed by atoms with Gasteiger partial charge in [0.05, 0.1) is 5.02 Å². The number of aryl methyl sites for hydroxylation is 1. The molecular formula is C23H22ClNO6. The standard InChI is InChI=1S/C23H22ClNO6/c1-14-15(2)22(27)31-19-12-20(18(24)11-17(14)19)30-21(26)9-6-10-25-23(28)29-13-16-7-4-3-5-8-16/h3-5,7-8,11-12H,6,9-10,13H2,1-2H3,(H,25,28). The van der Waals surface area contributed by atoms with Crippen molar-refractivity contribution in [1.82, 2.24) is 5.32 Å². The Morgan fingerprint density at radius 3 is 2.58 bits per heavy atom. The second-order valence-electron chi connectivity index (χ2n) is 6.98. The van der Waals surface area contributed by atoms with E-state index < -0.39 is 17.7 Å². The van der Waals surface area contributed by atoms with Gasteiger partial charge in [0.1, 0.15) is 12.2 Å². The minimum Gasteiger partial charge on any atom is -0.445 e. The first-order valence-corrected chi connectivity index (χ1v) is 10.1. The fourth-order valence-corrected chi connectivity index (χ4v) is 3.10. The minimum absolute atomic E-state index is 0.0597. The predicted molar refractivity (Wildman–Crippen MR) is 116 cm³/mol. The number of ether oxygens (including phenoxy) is 2. The van der Waals surface area contributed by atoms with E-state index in [-0.39, 0.29) is 30.3 Å². The van der Waals surface area contributed by atoms with Crippen molar-refractivity contribution in [3.8, 4) is 5.75 Å². The number of carbonyl (C=O) groups is 2. The minimum atomic E-state index is -0.560. The molecule has 0 unspecified atom stereocenters. The molecule has 0 spiro atoms. The Morgan fingerprint density at radius 1 is 1.10 bits per heavy atom. The Balaban J connectivity index is 1.48. The monoisotopic (exact) mass is 443 g/mol. The van der Waals surface area contributed by atoms with E-state index in [0.717, 1.165) is 11.1 Å². The molecule has 1 aromatic heterocycles. The summed E-state index contributed by atoms with van der Waals surface area (Å²) < 4.78 is 15.7. The van der Waals surface area contributed by atoms with Crippen molar-refractivity contribution in [2.75, 3.05) is 6.54 Å². The molecular weight excluding hydrogens is 422 g/mol. The van der Waals surface area contributed by atoms with Crippen molar-refractivity contribution < 1.29 is 23.5 Å². The van der Waals surface area contributed by atoms with Crippen LogP contribution in [0.4, 0.5) is 4.79 Å². The van der Waals surface area contributed by atoms with Crippen LogP contribution in [0.1, 0.15) is 29.5 Å². The molecule has 0 bridgehead atoms. The van der Waals surface area contributed by atoms with Gasteiger partial charge in [-0.05, 0) is 37.5 Å². The van der Waals surface area contributed by atoms with Crippen LogP contribution >= 0.6 is 11.6 Å². The zero-order chi connectivity index (χ0) is 22.4. The first-order valence-electron chi connectivity index (χ1n) is 9.74. The SMILES string of the molecule is Cc1c(C)c2cc(Cl)c(OC(=O)CCCNC(=O)OCc3ccccc3)cc2oc1=O. The van der Waals surface area contributed by atoms with E-state index in [9.17, 15) is 14.4 Å². The molecule has 1 amide bonds. The molecule has 31 heavy (non-hydrogen) atoms. The summed E-state index contributed by atoms with van der Waals surface area (Å²) in [5.41, 5.74) is 1.99. The second-order valence-corrected chi connectivity index (χ2v) is 7.39. The third-order valence-electron chi connectivity index (χ3n) is 4.77. The molecule has 3 aromatic rings. The van der Waals surface area contributed by atoms with Crippen LogP contribution in [0.5, 0.6) is 5.75 Å². The maximum absolute atomic E-state index is 12.1. The van der Waals surface area contributed by atoms with Gasteiger partial charge in [-0.2, -0.15) is 0 Å². The second kappa shape index (κ2) is 10.1. The van der Waals surface area contributed by atoms with E-state index in [1.165, 1.54) is 6.07 Å². The van der Waals surface area contributed by atoms with Crippen LogP contribution in [-0.4, -0.2) is 18.6 Å². The molecule has 0 aliphatic carbocycles. The molecule has 8 heteroatoms. The molecule has 162 valence electrons. The summed E-state index contributed by atoms with van der Waals surface area (Å²) in [6.45, 7) is 3.90. The third-order valence-corrected chi connectivity index (χ3v) is 5.07. The van der Waals surface area contributed by atoms with E-state index >= 15 is 0 Å². The summed E-state index contributed by atoms with van der Waals surface area (Å²) in [5, 5.41) is 3.50. The van der Waals surface area contributed by atoms with Crippen molar-refractivity contribution in [3.63, 3.8) is 0 Å². The number of esters is 1. The number of amides is 1. The normalized spacial score (nSPS) is 10.7. The smallest absolute Gasteiger partial charge is 0.407 e. The van der Waals surface area contributed by atoms with Crippen molar-refractivity contribution in [1.29, 1.82) is 0 Å². The summed E-state index contributed by atoms with van der Waals surface area (Å²) in [5.74, 6) is -0.410. The van der Waals surface area contributed by atoms with Crippen LogP contribution in [0.2, 0.25) is 5.02 Å². The van der Waals surface area contributed by atoms with E-state index in [4.69, 9.17) is 25.5 Å². The lowest BCUT2D eigenvalue weighted by Crippen LogP contribution is -2.26. The molecule has 0 aliphatic rings. The maximum Gasteiger partial charge on any atom is 0.407 e. The van der Waals surface area contributed by atoms with Gasteiger partial charge in [0.15, 0.2) is 5.75 Å². The lowest BCUT2D eigenvalue weighted by molar-refractivity contribution is -0.134. The fraction of sp³-hybridized carbons (Fsp3) is 0.261. The number of rotatable bonds is 7. The molecule has 0 saturated carbocycles. The molecule has 3 rings (SSSR count). The molecule has 0 saturated heterocycles. The molecule has 0 aliphatic heterocycles. The topological polar surface area (TPSA) is 94.8 Å². The predicted octanol–water partition coefficient (Wildman–Crippen LogP) is 4.68.